The molecule has 0 spiro atoms. The molecule has 1 unspecified atom stereocenters. The van der Waals surface area contributed by atoms with E-state index in [1.165, 1.54) is 0 Å². The van der Waals surface area contributed by atoms with Gasteiger partial charge in [-0.05, 0) is 18.8 Å². The number of hydrogen-bond donors (Lipinski definition) is 3. The van der Waals surface area contributed by atoms with Crippen LogP contribution in [0, 0.1) is 5.92 Å². The zero-order valence-corrected chi connectivity index (χ0v) is 8.58. The van der Waals surface area contributed by atoms with Crippen LogP contribution in [0.2, 0.25) is 0 Å². The molecule has 0 fully saturated rings. The maximum Gasteiger partial charge on any atom is 0.188 e. The first-order chi connectivity index (χ1) is 6.20. The van der Waals surface area contributed by atoms with Crippen LogP contribution < -0.4 is 11.1 Å². The first-order valence-corrected chi connectivity index (χ1v) is 4.85. The Morgan fingerprint density at radius 2 is 2.31 bits per heavy atom. The molecule has 0 saturated carbocycles. The van der Waals surface area contributed by atoms with Gasteiger partial charge in [0.1, 0.15) is 0 Å². The van der Waals surface area contributed by atoms with Crippen molar-refractivity contribution in [3.8, 4) is 0 Å². The Kier molecular flexibility index (Phi) is 7.39. The van der Waals surface area contributed by atoms with Crippen LogP contribution in [-0.2, 0) is 0 Å². The van der Waals surface area contributed by atoms with Gasteiger partial charge in [-0.25, -0.2) is 0 Å². The van der Waals surface area contributed by atoms with Crippen LogP contribution in [0.4, 0.5) is 0 Å². The second kappa shape index (κ2) is 7.86. The number of nitrogens with two attached hydrogens (primary N) is 1. The molecule has 0 bridgehead atoms. The lowest BCUT2D eigenvalue weighted by atomic mass is 10.1. The molecular weight excluding hydrogens is 166 g/mol. The van der Waals surface area contributed by atoms with Gasteiger partial charge < -0.3 is 16.2 Å². The average Bonchev–Trinajstić information content (AvgIpc) is 2.12. The molecule has 1 atom stereocenters. The van der Waals surface area contributed by atoms with Crippen LogP contribution in [-0.4, -0.2) is 30.8 Å². The largest absolute Gasteiger partial charge is 0.396 e. The minimum atomic E-state index is 0.221. The van der Waals surface area contributed by atoms with E-state index < -0.39 is 0 Å². The molecule has 4 N–H and O–H groups in total. The van der Waals surface area contributed by atoms with E-state index in [-0.39, 0.29) is 6.61 Å². The van der Waals surface area contributed by atoms with Gasteiger partial charge >= 0.3 is 0 Å². The summed E-state index contributed by atoms with van der Waals surface area (Å²) in [5.74, 6) is 0.901. The second-order valence-electron chi connectivity index (χ2n) is 3.27. The Balaban J connectivity index is 3.56. The highest BCUT2D eigenvalue weighted by atomic mass is 16.3. The number of guanidine groups is 1. The lowest BCUT2D eigenvalue weighted by molar-refractivity contribution is 0.264. The van der Waals surface area contributed by atoms with Crippen LogP contribution in [0.1, 0.15) is 26.7 Å². The third kappa shape index (κ3) is 7.59. The molecule has 0 aliphatic heterocycles. The molecule has 0 aromatic carbocycles. The van der Waals surface area contributed by atoms with Crippen molar-refractivity contribution in [2.24, 2.45) is 16.6 Å². The van der Waals surface area contributed by atoms with Gasteiger partial charge in [-0.2, -0.15) is 0 Å². The maximum absolute atomic E-state index is 8.65. The molecule has 0 radical (unpaired) electrons. The fraction of sp³-hybridized carbons (Fsp3) is 0.889. The van der Waals surface area contributed by atoms with Crippen LogP contribution in [0.3, 0.4) is 0 Å². The Morgan fingerprint density at radius 1 is 1.62 bits per heavy atom. The van der Waals surface area contributed by atoms with Gasteiger partial charge in [-0.1, -0.05) is 13.8 Å². The average molecular weight is 187 g/mol. The summed E-state index contributed by atoms with van der Waals surface area (Å²) in [5.41, 5.74) is 5.58. The monoisotopic (exact) mass is 187 g/mol. The Bertz CT molecular complexity index is 148. The van der Waals surface area contributed by atoms with E-state index in [9.17, 15) is 0 Å². The Morgan fingerprint density at radius 3 is 2.85 bits per heavy atom. The third-order valence-corrected chi connectivity index (χ3v) is 1.75. The molecule has 0 aromatic heterocycles. The second-order valence-corrected chi connectivity index (χ2v) is 3.27. The van der Waals surface area contributed by atoms with Crippen molar-refractivity contribution in [1.82, 2.24) is 5.32 Å². The van der Waals surface area contributed by atoms with Crippen molar-refractivity contribution in [3.05, 3.63) is 0 Å². The summed E-state index contributed by atoms with van der Waals surface area (Å²) < 4.78 is 0. The number of nitrogens with one attached hydrogen (secondary N) is 1. The smallest absolute Gasteiger partial charge is 0.188 e. The van der Waals surface area contributed by atoms with E-state index in [0.717, 1.165) is 19.4 Å². The molecule has 4 nitrogen and oxygen atoms in total. The van der Waals surface area contributed by atoms with E-state index >= 15 is 0 Å². The van der Waals surface area contributed by atoms with Crippen LogP contribution in [0.5, 0.6) is 0 Å². The molecule has 78 valence electrons. The van der Waals surface area contributed by atoms with Gasteiger partial charge in [-0.3, -0.25) is 4.99 Å². The first-order valence-electron chi connectivity index (χ1n) is 4.85. The predicted octanol–water partition coefficient (Wildman–Crippen LogP) is 0.319. The van der Waals surface area contributed by atoms with Crippen LogP contribution in [0.25, 0.3) is 0 Å². The Hall–Kier alpha value is -0.770. The highest BCUT2D eigenvalue weighted by Gasteiger charge is 1.99. The summed E-state index contributed by atoms with van der Waals surface area (Å²) in [6, 6.07) is 0. The highest BCUT2D eigenvalue weighted by Crippen LogP contribution is 1.99. The fourth-order valence-electron chi connectivity index (χ4n) is 0.875. The summed E-state index contributed by atoms with van der Waals surface area (Å²) >= 11 is 0. The normalized spacial score (nSPS) is 14.2. The third-order valence-electron chi connectivity index (χ3n) is 1.75. The molecule has 0 amide bonds. The highest BCUT2D eigenvalue weighted by molar-refractivity contribution is 5.77. The lowest BCUT2D eigenvalue weighted by Crippen LogP contribution is -2.32. The number of aliphatic hydroxyl groups excluding tert-OH is 1. The van der Waals surface area contributed by atoms with E-state index in [2.05, 4.69) is 17.2 Å². The maximum atomic E-state index is 8.65. The molecular formula is C9H21N3O. The van der Waals surface area contributed by atoms with Gasteiger partial charge in [0.05, 0.1) is 0 Å². The SMILES string of the molecule is CCCNC(N)=NCC(C)CCO. The summed E-state index contributed by atoms with van der Waals surface area (Å²) in [6.45, 7) is 5.90. The van der Waals surface area contributed by atoms with E-state index in [0.29, 0.717) is 18.4 Å². The number of aliphatic hydroxyl groups is 1. The van der Waals surface area contributed by atoms with Crippen molar-refractivity contribution >= 4 is 5.96 Å². The van der Waals surface area contributed by atoms with E-state index in [1.54, 1.807) is 0 Å². The summed E-state index contributed by atoms with van der Waals surface area (Å²) in [7, 11) is 0. The minimum absolute atomic E-state index is 0.221. The predicted molar refractivity (Wildman–Crippen MR) is 55.6 cm³/mol. The number of rotatable bonds is 6. The molecule has 0 rings (SSSR count). The van der Waals surface area contributed by atoms with Gasteiger partial charge in [-0.15, -0.1) is 0 Å². The minimum Gasteiger partial charge on any atom is -0.396 e. The standard InChI is InChI=1S/C9H21N3O/c1-3-5-11-9(10)12-7-8(2)4-6-13/h8,13H,3-7H2,1-2H3,(H3,10,11,12). The van der Waals surface area contributed by atoms with Crippen molar-refractivity contribution < 1.29 is 5.11 Å². The summed E-state index contributed by atoms with van der Waals surface area (Å²) in [6.07, 6.45) is 1.83. The molecule has 4 heteroatoms. The quantitative estimate of drug-likeness (QED) is 0.414. The molecule has 0 heterocycles. The topological polar surface area (TPSA) is 70.6 Å². The number of aliphatic imine (C=N–C) groups is 1. The lowest BCUT2D eigenvalue weighted by Gasteiger charge is -2.07. The fourth-order valence-corrected chi connectivity index (χ4v) is 0.875. The summed E-state index contributed by atoms with van der Waals surface area (Å²) in [4.78, 5) is 4.15. The summed E-state index contributed by atoms with van der Waals surface area (Å²) in [5, 5.41) is 11.6. The van der Waals surface area contributed by atoms with E-state index in [1.807, 2.05) is 6.92 Å². The van der Waals surface area contributed by atoms with Crippen molar-refractivity contribution in [2.75, 3.05) is 19.7 Å². The van der Waals surface area contributed by atoms with E-state index in [4.69, 9.17) is 10.8 Å². The number of nitrogens with zero attached hydrogens (tertiary/aromatic N) is 1. The van der Waals surface area contributed by atoms with Gasteiger partial charge in [0, 0.05) is 19.7 Å². The van der Waals surface area contributed by atoms with Gasteiger partial charge in [0.15, 0.2) is 5.96 Å². The zero-order valence-electron chi connectivity index (χ0n) is 8.58. The molecule has 13 heavy (non-hydrogen) atoms. The Labute approximate surface area is 80.2 Å². The number of hydrogen-bond acceptors (Lipinski definition) is 2. The van der Waals surface area contributed by atoms with Crippen LogP contribution in [0.15, 0.2) is 4.99 Å². The van der Waals surface area contributed by atoms with Gasteiger partial charge in [0.25, 0.3) is 0 Å². The van der Waals surface area contributed by atoms with Crippen molar-refractivity contribution in [1.29, 1.82) is 0 Å². The molecule has 0 saturated heterocycles. The molecule has 0 aromatic rings. The first kappa shape index (κ1) is 12.2. The molecule has 0 aliphatic rings. The van der Waals surface area contributed by atoms with Gasteiger partial charge in [0.2, 0.25) is 0 Å². The van der Waals surface area contributed by atoms with Crippen LogP contribution >= 0.6 is 0 Å². The molecule has 0 aliphatic carbocycles. The zero-order chi connectivity index (χ0) is 10.1. The van der Waals surface area contributed by atoms with Crippen molar-refractivity contribution in [2.45, 2.75) is 26.7 Å². The van der Waals surface area contributed by atoms with Crippen molar-refractivity contribution in [3.63, 3.8) is 0 Å².